The second-order valence-corrected chi connectivity index (χ2v) is 7.48. The van der Waals surface area contributed by atoms with Gasteiger partial charge in [0.1, 0.15) is 0 Å². The predicted molar refractivity (Wildman–Crippen MR) is 102 cm³/mol. The molecule has 1 fully saturated rings. The van der Waals surface area contributed by atoms with Crippen molar-refractivity contribution in [3.05, 3.63) is 58.0 Å². The number of hydrogen-bond donors (Lipinski definition) is 1. The summed E-state index contributed by atoms with van der Waals surface area (Å²) in [5.74, 6) is 0.203. The first-order chi connectivity index (χ1) is 12.5. The van der Waals surface area contributed by atoms with Crippen LogP contribution in [0, 0.1) is 0 Å². The molecule has 1 aromatic carbocycles. The van der Waals surface area contributed by atoms with Crippen molar-refractivity contribution in [2.75, 3.05) is 13.1 Å². The fourth-order valence-corrected chi connectivity index (χ4v) is 4.29. The van der Waals surface area contributed by atoms with Crippen LogP contribution in [0.5, 0.6) is 0 Å². The molecule has 0 spiro atoms. The van der Waals surface area contributed by atoms with Crippen LogP contribution in [-0.2, 0) is 18.3 Å². The molecule has 2 heterocycles. The SMILES string of the molecule is Cn1cc(-c2ccc3c(c2)CC[C@@H]3[C@H](N)C(=O)N2CCCC2)ccc1=O. The van der Waals surface area contributed by atoms with E-state index in [1.807, 2.05) is 17.2 Å². The molecule has 1 amide bonds. The smallest absolute Gasteiger partial charge is 0.250 e. The number of amides is 1. The second kappa shape index (κ2) is 6.72. The van der Waals surface area contributed by atoms with Crippen molar-refractivity contribution < 1.29 is 4.79 Å². The van der Waals surface area contributed by atoms with E-state index in [4.69, 9.17) is 5.73 Å². The zero-order valence-electron chi connectivity index (χ0n) is 15.1. The van der Waals surface area contributed by atoms with Gasteiger partial charge in [0.05, 0.1) is 6.04 Å². The van der Waals surface area contributed by atoms with Gasteiger partial charge in [-0.3, -0.25) is 9.59 Å². The van der Waals surface area contributed by atoms with Crippen molar-refractivity contribution in [3.8, 4) is 11.1 Å². The summed E-state index contributed by atoms with van der Waals surface area (Å²) in [4.78, 5) is 26.2. The Bertz CT molecular complexity index is 896. The number of carbonyl (C=O) groups excluding carboxylic acids is 1. The molecule has 0 bridgehead atoms. The number of aryl methyl sites for hydroxylation is 2. The van der Waals surface area contributed by atoms with Gasteiger partial charge in [0.2, 0.25) is 11.5 Å². The van der Waals surface area contributed by atoms with Crippen molar-refractivity contribution in [3.63, 3.8) is 0 Å². The van der Waals surface area contributed by atoms with Gasteiger partial charge in [0, 0.05) is 38.3 Å². The second-order valence-electron chi connectivity index (χ2n) is 7.48. The highest BCUT2D eigenvalue weighted by atomic mass is 16.2. The van der Waals surface area contributed by atoms with Crippen LogP contribution in [0.25, 0.3) is 11.1 Å². The van der Waals surface area contributed by atoms with Crippen molar-refractivity contribution in [2.24, 2.45) is 12.8 Å². The fourth-order valence-electron chi connectivity index (χ4n) is 4.29. The molecule has 4 rings (SSSR count). The minimum atomic E-state index is -0.447. The number of benzene rings is 1. The molecule has 0 radical (unpaired) electrons. The summed E-state index contributed by atoms with van der Waals surface area (Å²) >= 11 is 0. The van der Waals surface area contributed by atoms with Crippen molar-refractivity contribution in [1.82, 2.24) is 9.47 Å². The van der Waals surface area contributed by atoms with Gasteiger partial charge < -0.3 is 15.2 Å². The minimum Gasteiger partial charge on any atom is -0.341 e. The third-order valence-corrected chi connectivity index (χ3v) is 5.82. The average Bonchev–Trinajstić information content (AvgIpc) is 3.32. The Morgan fingerprint density at radius 3 is 2.62 bits per heavy atom. The third-order valence-electron chi connectivity index (χ3n) is 5.82. The van der Waals surface area contributed by atoms with E-state index < -0.39 is 6.04 Å². The van der Waals surface area contributed by atoms with E-state index in [2.05, 4.69) is 18.2 Å². The van der Waals surface area contributed by atoms with E-state index in [-0.39, 0.29) is 17.4 Å². The van der Waals surface area contributed by atoms with Crippen LogP contribution in [0.2, 0.25) is 0 Å². The van der Waals surface area contributed by atoms with Crippen LogP contribution in [0.1, 0.15) is 36.3 Å². The lowest BCUT2D eigenvalue weighted by molar-refractivity contribution is -0.132. The van der Waals surface area contributed by atoms with E-state index >= 15 is 0 Å². The molecule has 2 aliphatic rings. The van der Waals surface area contributed by atoms with Crippen LogP contribution in [0.3, 0.4) is 0 Å². The van der Waals surface area contributed by atoms with Crippen molar-refractivity contribution in [1.29, 1.82) is 0 Å². The Labute approximate surface area is 153 Å². The summed E-state index contributed by atoms with van der Waals surface area (Å²) in [5.41, 5.74) is 11.0. The normalized spacial score (nSPS) is 20.2. The van der Waals surface area contributed by atoms with Gasteiger partial charge in [-0.15, -0.1) is 0 Å². The Kier molecular flexibility index (Phi) is 4.41. The van der Waals surface area contributed by atoms with Gasteiger partial charge in [-0.05, 0) is 54.0 Å². The molecule has 2 atom stereocenters. The molecule has 0 unspecified atom stereocenters. The molecule has 1 aliphatic heterocycles. The van der Waals surface area contributed by atoms with Gasteiger partial charge in [-0.2, -0.15) is 0 Å². The first-order valence-corrected chi connectivity index (χ1v) is 9.39. The summed E-state index contributed by atoms with van der Waals surface area (Å²) in [6.45, 7) is 1.69. The van der Waals surface area contributed by atoms with Crippen LogP contribution < -0.4 is 11.3 Å². The Morgan fingerprint density at radius 2 is 1.88 bits per heavy atom. The van der Waals surface area contributed by atoms with Gasteiger partial charge in [0.25, 0.3) is 0 Å². The number of carbonyl (C=O) groups is 1. The van der Waals surface area contributed by atoms with E-state index in [1.165, 1.54) is 11.1 Å². The summed E-state index contributed by atoms with van der Waals surface area (Å²) in [6.07, 6.45) is 5.90. The van der Waals surface area contributed by atoms with Gasteiger partial charge in [-0.25, -0.2) is 0 Å². The first kappa shape index (κ1) is 17.0. The number of hydrogen-bond acceptors (Lipinski definition) is 3. The first-order valence-electron chi connectivity index (χ1n) is 9.39. The molecule has 0 saturated carbocycles. The Balaban J connectivity index is 1.59. The maximum absolute atomic E-state index is 12.7. The highest BCUT2D eigenvalue weighted by molar-refractivity contribution is 5.83. The van der Waals surface area contributed by atoms with E-state index in [0.29, 0.717) is 0 Å². The van der Waals surface area contributed by atoms with Gasteiger partial charge in [-0.1, -0.05) is 18.2 Å². The molecule has 5 nitrogen and oxygen atoms in total. The molecule has 2 N–H and O–H groups in total. The van der Waals surface area contributed by atoms with Crippen LogP contribution in [0.4, 0.5) is 0 Å². The molecule has 5 heteroatoms. The lowest BCUT2D eigenvalue weighted by Crippen LogP contribution is -2.45. The van der Waals surface area contributed by atoms with Crippen LogP contribution in [0.15, 0.2) is 41.3 Å². The van der Waals surface area contributed by atoms with Gasteiger partial charge >= 0.3 is 0 Å². The number of rotatable bonds is 3. The fraction of sp³-hybridized carbons (Fsp3) is 0.429. The molecule has 136 valence electrons. The molecular weight excluding hydrogens is 326 g/mol. The monoisotopic (exact) mass is 351 g/mol. The zero-order valence-corrected chi connectivity index (χ0v) is 15.1. The van der Waals surface area contributed by atoms with Gasteiger partial charge in [0.15, 0.2) is 0 Å². The maximum Gasteiger partial charge on any atom is 0.250 e. The lowest BCUT2D eigenvalue weighted by atomic mass is 9.91. The third kappa shape index (κ3) is 2.97. The van der Waals surface area contributed by atoms with E-state index in [0.717, 1.165) is 49.9 Å². The summed E-state index contributed by atoms with van der Waals surface area (Å²) in [6, 6.07) is 9.38. The number of aromatic nitrogens is 1. The average molecular weight is 351 g/mol. The van der Waals surface area contributed by atoms with Crippen molar-refractivity contribution in [2.45, 2.75) is 37.6 Å². The Hall–Kier alpha value is -2.40. The van der Waals surface area contributed by atoms with E-state index in [1.54, 1.807) is 17.7 Å². The summed E-state index contributed by atoms with van der Waals surface area (Å²) in [5, 5.41) is 0. The molecule has 26 heavy (non-hydrogen) atoms. The standard InChI is InChI=1S/C21H25N3O2/c1-23-13-16(6-9-19(23)25)14-4-7-17-15(12-14)5-8-18(17)20(22)21(26)24-10-2-3-11-24/h4,6-7,9,12-13,18,20H,2-3,5,8,10-11,22H2,1H3/t18-,20-/m0/s1. The molecule has 1 aromatic heterocycles. The molecular formula is C21H25N3O2. The molecule has 1 saturated heterocycles. The maximum atomic E-state index is 12.7. The minimum absolute atomic E-state index is 0.0126. The Morgan fingerprint density at radius 1 is 1.15 bits per heavy atom. The topological polar surface area (TPSA) is 68.3 Å². The quantitative estimate of drug-likeness (QED) is 0.920. The van der Waals surface area contributed by atoms with Crippen molar-refractivity contribution >= 4 is 5.91 Å². The number of nitrogens with zero attached hydrogens (tertiary/aromatic N) is 2. The highest BCUT2D eigenvalue weighted by Gasteiger charge is 2.34. The van der Waals surface area contributed by atoms with E-state index in [9.17, 15) is 9.59 Å². The predicted octanol–water partition coefficient (Wildman–Crippen LogP) is 2.03. The number of nitrogens with two attached hydrogens (primary N) is 1. The number of likely N-dealkylation sites (tertiary alicyclic amines) is 1. The van der Waals surface area contributed by atoms with Crippen LogP contribution >= 0.6 is 0 Å². The van der Waals surface area contributed by atoms with Crippen LogP contribution in [-0.4, -0.2) is 34.5 Å². The number of fused-ring (bicyclic) bond motifs is 1. The highest BCUT2D eigenvalue weighted by Crippen LogP contribution is 2.37. The lowest BCUT2D eigenvalue weighted by Gasteiger charge is -2.25. The molecule has 2 aromatic rings. The number of pyridine rings is 1. The largest absolute Gasteiger partial charge is 0.341 e. The zero-order chi connectivity index (χ0) is 18.3. The summed E-state index contributed by atoms with van der Waals surface area (Å²) < 4.78 is 1.59. The molecule has 1 aliphatic carbocycles. The summed E-state index contributed by atoms with van der Waals surface area (Å²) in [7, 11) is 1.76.